The number of nitrogens with zero attached hydrogens (tertiary/aromatic N) is 3. The molecule has 20 heavy (non-hydrogen) atoms. The van der Waals surface area contributed by atoms with E-state index in [1.807, 2.05) is 31.9 Å². The molecule has 0 unspecified atom stereocenters. The van der Waals surface area contributed by atoms with Crippen LogP contribution in [0.2, 0.25) is 0 Å². The summed E-state index contributed by atoms with van der Waals surface area (Å²) >= 11 is 0. The molecule has 0 radical (unpaired) electrons. The quantitative estimate of drug-likeness (QED) is 0.907. The van der Waals surface area contributed by atoms with Crippen LogP contribution in [0, 0.1) is 32.1 Å². The van der Waals surface area contributed by atoms with Gasteiger partial charge in [0, 0.05) is 18.8 Å². The molecule has 1 aromatic carbocycles. The molecular formula is C15H16N4O. The van der Waals surface area contributed by atoms with Gasteiger partial charge in [-0.3, -0.25) is 4.98 Å². The lowest BCUT2D eigenvalue weighted by Crippen LogP contribution is -2.20. The van der Waals surface area contributed by atoms with Gasteiger partial charge in [-0.25, -0.2) is 4.79 Å². The number of hydrogen-bond donors (Lipinski definition) is 1. The third kappa shape index (κ3) is 2.54. The molecule has 1 aromatic heterocycles. The molecule has 102 valence electrons. The number of H-pyrrole nitrogens is 1. The van der Waals surface area contributed by atoms with Gasteiger partial charge in [0.05, 0.1) is 0 Å². The minimum absolute atomic E-state index is 0.202. The fraction of sp³-hybridized carbons (Fsp3) is 0.267. The van der Waals surface area contributed by atoms with Crippen LogP contribution in [-0.2, 0) is 0 Å². The van der Waals surface area contributed by atoms with Gasteiger partial charge >= 0.3 is 5.69 Å². The zero-order chi connectivity index (χ0) is 14.9. The topological polar surface area (TPSA) is 72.8 Å². The molecule has 1 N–H and O–H groups in total. The third-order valence-corrected chi connectivity index (χ3v) is 3.37. The van der Waals surface area contributed by atoms with Crippen LogP contribution in [-0.4, -0.2) is 17.0 Å². The van der Waals surface area contributed by atoms with E-state index in [2.05, 4.69) is 29.0 Å². The standard InChI is InChI=1S/C15H16N4O/c1-9-5-11(3)13(6-10(9)2)19(4)14-7-12(8-16)17-15(20)18-14/h5-7H,1-4H3,(H,17,18,20). The van der Waals surface area contributed by atoms with E-state index < -0.39 is 5.69 Å². The molecule has 2 rings (SSSR count). The van der Waals surface area contributed by atoms with E-state index in [0.29, 0.717) is 5.82 Å². The fourth-order valence-corrected chi connectivity index (χ4v) is 2.11. The first-order valence-corrected chi connectivity index (χ1v) is 6.25. The Kier molecular flexibility index (Phi) is 3.57. The first-order chi connectivity index (χ1) is 9.42. The van der Waals surface area contributed by atoms with Crippen molar-refractivity contribution in [1.82, 2.24) is 9.97 Å². The molecule has 0 aliphatic rings. The normalized spacial score (nSPS) is 10.2. The molecule has 0 saturated carbocycles. The summed E-state index contributed by atoms with van der Waals surface area (Å²) in [4.78, 5) is 19.6. The maximum absolute atomic E-state index is 11.5. The van der Waals surface area contributed by atoms with Crippen LogP contribution in [0.25, 0.3) is 0 Å². The summed E-state index contributed by atoms with van der Waals surface area (Å²) in [7, 11) is 1.83. The van der Waals surface area contributed by atoms with Crippen molar-refractivity contribution in [2.24, 2.45) is 0 Å². The van der Waals surface area contributed by atoms with Crippen molar-refractivity contribution in [3.05, 3.63) is 51.1 Å². The number of nitriles is 1. The van der Waals surface area contributed by atoms with Gasteiger partial charge in [-0.15, -0.1) is 0 Å². The highest BCUT2D eigenvalue weighted by Crippen LogP contribution is 2.27. The number of hydrogen-bond acceptors (Lipinski definition) is 4. The predicted octanol–water partition coefficient (Wildman–Crippen LogP) is 2.33. The number of aryl methyl sites for hydroxylation is 3. The van der Waals surface area contributed by atoms with Gasteiger partial charge in [0.2, 0.25) is 0 Å². The molecule has 0 aliphatic carbocycles. The van der Waals surface area contributed by atoms with Crippen LogP contribution in [0.3, 0.4) is 0 Å². The van der Waals surface area contributed by atoms with Gasteiger partial charge in [-0.1, -0.05) is 6.07 Å². The molecule has 0 aliphatic heterocycles. The van der Waals surface area contributed by atoms with Crippen molar-refractivity contribution >= 4 is 11.5 Å². The van der Waals surface area contributed by atoms with Gasteiger partial charge in [0.1, 0.15) is 17.6 Å². The van der Waals surface area contributed by atoms with E-state index in [4.69, 9.17) is 5.26 Å². The molecule has 1 heterocycles. The average molecular weight is 268 g/mol. The first kappa shape index (κ1) is 13.8. The second-order valence-electron chi connectivity index (χ2n) is 4.85. The van der Waals surface area contributed by atoms with Crippen molar-refractivity contribution in [3.8, 4) is 6.07 Å². The molecule has 0 amide bonds. The lowest BCUT2D eigenvalue weighted by atomic mass is 10.0. The number of benzene rings is 1. The minimum Gasteiger partial charge on any atom is -0.329 e. The van der Waals surface area contributed by atoms with Crippen LogP contribution in [0.1, 0.15) is 22.4 Å². The Morgan fingerprint density at radius 2 is 1.80 bits per heavy atom. The average Bonchev–Trinajstić information content (AvgIpc) is 2.41. The van der Waals surface area contributed by atoms with E-state index in [-0.39, 0.29) is 5.69 Å². The highest BCUT2D eigenvalue weighted by molar-refractivity contribution is 5.65. The molecule has 2 aromatic rings. The van der Waals surface area contributed by atoms with Crippen molar-refractivity contribution < 1.29 is 0 Å². The molecule has 0 fully saturated rings. The number of aromatic amines is 1. The third-order valence-electron chi connectivity index (χ3n) is 3.37. The Bertz CT molecular complexity index is 755. The van der Waals surface area contributed by atoms with Crippen LogP contribution < -0.4 is 10.6 Å². The molecule has 0 bridgehead atoms. The van der Waals surface area contributed by atoms with Crippen LogP contribution in [0.15, 0.2) is 23.0 Å². The zero-order valence-electron chi connectivity index (χ0n) is 12.0. The van der Waals surface area contributed by atoms with Gasteiger partial charge in [-0.05, 0) is 43.5 Å². The van der Waals surface area contributed by atoms with Gasteiger partial charge < -0.3 is 4.90 Å². The lowest BCUT2D eigenvalue weighted by Gasteiger charge is -2.21. The van der Waals surface area contributed by atoms with E-state index in [0.717, 1.165) is 11.3 Å². The predicted molar refractivity (Wildman–Crippen MR) is 78.3 cm³/mol. The molecule has 5 nitrogen and oxygen atoms in total. The largest absolute Gasteiger partial charge is 0.347 e. The Labute approximate surface area is 117 Å². The smallest absolute Gasteiger partial charge is 0.329 e. The molecule has 0 saturated heterocycles. The minimum atomic E-state index is -0.521. The maximum atomic E-state index is 11.5. The summed E-state index contributed by atoms with van der Waals surface area (Å²) in [6, 6.07) is 7.64. The fourth-order valence-electron chi connectivity index (χ4n) is 2.11. The molecule has 0 spiro atoms. The van der Waals surface area contributed by atoms with E-state index in [1.165, 1.54) is 11.1 Å². The van der Waals surface area contributed by atoms with Gasteiger partial charge in [-0.2, -0.15) is 10.2 Å². The van der Waals surface area contributed by atoms with Crippen LogP contribution in [0.4, 0.5) is 11.5 Å². The first-order valence-electron chi connectivity index (χ1n) is 6.25. The molecule has 0 atom stereocenters. The van der Waals surface area contributed by atoms with E-state index in [9.17, 15) is 4.79 Å². The van der Waals surface area contributed by atoms with Crippen LogP contribution >= 0.6 is 0 Å². The monoisotopic (exact) mass is 268 g/mol. The van der Waals surface area contributed by atoms with Gasteiger partial charge in [0.25, 0.3) is 0 Å². The number of rotatable bonds is 2. The van der Waals surface area contributed by atoms with Crippen molar-refractivity contribution in [3.63, 3.8) is 0 Å². The second kappa shape index (κ2) is 5.17. The lowest BCUT2D eigenvalue weighted by molar-refractivity contribution is 1.01. The summed E-state index contributed by atoms with van der Waals surface area (Å²) in [6.07, 6.45) is 0. The number of nitrogens with one attached hydrogen (secondary N) is 1. The molecule has 5 heteroatoms. The Hall–Kier alpha value is -2.61. The Morgan fingerprint density at radius 1 is 1.15 bits per heavy atom. The SMILES string of the molecule is Cc1cc(C)c(N(C)c2cc(C#N)[nH]c(=O)n2)cc1C. The van der Waals surface area contributed by atoms with E-state index >= 15 is 0 Å². The Morgan fingerprint density at radius 3 is 2.45 bits per heavy atom. The summed E-state index contributed by atoms with van der Waals surface area (Å²) < 4.78 is 0. The number of anilines is 2. The van der Waals surface area contributed by atoms with E-state index in [1.54, 1.807) is 6.07 Å². The zero-order valence-corrected chi connectivity index (χ0v) is 12.0. The van der Waals surface area contributed by atoms with Crippen LogP contribution in [0.5, 0.6) is 0 Å². The summed E-state index contributed by atoms with van der Waals surface area (Å²) in [6.45, 7) is 6.11. The Balaban J connectivity index is 2.54. The van der Waals surface area contributed by atoms with Crippen molar-refractivity contribution in [2.45, 2.75) is 20.8 Å². The summed E-state index contributed by atoms with van der Waals surface area (Å²) in [5, 5.41) is 8.91. The van der Waals surface area contributed by atoms with Crippen molar-refractivity contribution in [2.75, 3.05) is 11.9 Å². The second-order valence-corrected chi connectivity index (χ2v) is 4.85. The molecular weight excluding hydrogens is 252 g/mol. The maximum Gasteiger partial charge on any atom is 0.347 e. The highest BCUT2D eigenvalue weighted by atomic mass is 16.1. The van der Waals surface area contributed by atoms with Crippen molar-refractivity contribution in [1.29, 1.82) is 5.26 Å². The summed E-state index contributed by atoms with van der Waals surface area (Å²) in [5.74, 6) is 0.455. The highest BCUT2D eigenvalue weighted by Gasteiger charge is 2.11. The number of aromatic nitrogens is 2. The van der Waals surface area contributed by atoms with Gasteiger partial charge in [0.15, 0.2) is 0 Å². The summed E-state index contributed by atoms with van der Waals surface area (Å²) in [5.41, 5.74) is 4.13.